The van der Waals surface area contributed by atoms with Crippen LogP contribution in [-0.2, 0) is 13.6 Å². The highest BCUT2D eigenvalue weighted by Crippen LogP contribution is 2.19. The first-order valence-corrected chi connectivity index (χ1v) is 5.34. The maximum atomic E-state index is 11.3. The SMILES string of the molecule is Cn1cnnc1CNc1cc(N)ccc1C(N)=O. The van der Waals surface area contributed by atoms with E-state index in [0.29, 0.717) is 23.5 Å². The maximum Gasteiger partial charge on any atom is 0.250 e. The summed E-state index contributed by atoms with van der Waals surface area (Å²) in [6, 6.07) is 4.89. The number of nitrogens with two attached hydrogens (primary N) is 2. The molecule has 7 nitrogen and oxygen atoms in total. The largest absolute Gasteiger partial charge is 0.399 e. The van der Waals surface area contributed by atoms with Gasteiger partial charge in [0.15, 0.2) is 5.82 Å². The van der Waals surface area contributed by atoms with Crippen molar-refractivity contribution in [3.8, 4) is 0 Å². The summed E-state index contributed by atoms with van der Waals surface area (Å²) in [5.74, 6) is 0.239. The molecule has 0 spiro atoms. The van der Waals surface area contributed by atoms with Crippen LogP contribution in [0, 0.1) is 0 Å². The molecule has 0 radical (unpaired) electrons. The van der Waals surface area contributed by atoms with Crippen LogP contribution in [0.25, 0.3) is 0 Å². The van der Waals surface area contributed by atoms with Gasteiger partial charge >= 0.3 is 0 Å². The number of aromatic nitrogens is 3. The molecule has 1 aromatic heterocycles. The van der Waals surface area contributed by atoms with Crippen LogP contribution in [0.1, 0.15) is 16.2 Å². The molecule has 0 fully saturated rings. The zero-order valence-corrected chi connectivity index (χ0v) is 9.92. The molecule has 0 aliphatic rings. The van der Waals surface area contributed by atoms with Gasteiger partial charge in [-0.3, -0.25) is 4.79 Å². The van der Waals surface area contributed by atoms with Gasteiger partial charge in [0, 0.05) is 18.4 Å². The molecular formula is C11H14N6O. The summed E-state index contributed by atoms with van der Waals surface area (Å²) < 4.78 is 1.78. The van der Waals surface area contributed by atoms with Gasteiger partial charge < -0.3 is 21.4 Å². The lowest BCUT2D eigenvalue weighted by molar-refractivity contribution is 0.100. The first-order valence-electron chi connectivity index (χ1n) is 5.34. The van der Waals surface area contributed by atoms with Gasteiger partial charge in [-0.1, -0.05) is 0 Å². The van der Waals surface area contributed by atoms with Crippen molar-refractivity contribution in [1.29, 1.82) is 0 Å². The van der Waals surface area contributed by atoms with Crippen molar-refractivity contribution >= 4 is 17.3 Å². The molecule has 0 atom stereocenters. The Morgan fingerprint density at radius 1 is 1.50 bits per heavy atom. The third-order valence-electron chi connectivity index (χ3n) is 2.55. The minimum atomic E-state index is -0.504. The number of benzene rings is 1. The lowest BCUT2D eigenvalue weighted by Gasteiger charge is -2.10. The van der Waals surface area contributed by atoms with E-state index in [-0.39, 0.29) is 0 Å². The molecule has 94 valence electrons. The van der Waals surface area contributed by atoms with Crippen molar-refractivity contribution < 1.29 is 4.79 Å². The number of hydrogen-bond donors (Lipinski definition) is 3. The van der Waals surface area contributed by atoms with Crippen molar-refractivity contribution in [2.75, 3.05) is 11.1 Å². The van der Waals surface area contributed by atoms with Crippen LogP contribution in [0.3, 0.4) is 0 Å². The van der Waals surface area contributed by atoms with Crippen LogP contribution in [0.2, 0.25) is 0 Å². The average Bonchev–Trinajstić information content (AvgIpc) is 2.72. The van der Waals surface area contributed by atoms with E-state index in [1.165, 1.54) is 0 Å². The van der Waals surface area contributed by atoms with E-state index >= 15 is 0 Å². The fourth-order valence-corrected chi connectivity index (χ4v) is 1.56. The van der Waals surface area contributed by atoms with E-state index in [4.69, 9.17) is 11.5 Å². The van der Waals surface area contributed by atoms with Gasteiger partial charge in [0.05, 0.1) is 12.1 Å². The molecule has 0 bridgehead atoms. The summed E-state index contributed by atoms with van der Waals surface area (Å²) in [4.78, 5) is 11.3. The van der Waals surface area contributed by atoms with Crippen LogP contribution < -0.4 is 16.8 Å². The number of anilines is 2. The molecule has 7 heteroatoms. The van der Waals surface area contributed by atoms with Crippen LogP contribution in [0.4, 0.5) is 11.4 Å². The minimum absolute atomic E-state index is 0.395. The van der Waals surface area contributed by atoms with Crippen molar-refractivity contribution in [3.05, 3.63) is 35.9 Å². The predicted octanol–water partition coefficient (Wildman–Crippen LogP) is 0.108. The van der Waals surface area contributed by atoms with Crippen LogP contribution in [0.5, 0.6) is 0 Å². The standard InChI is InChI=1S/C11H14N6O/c1-17-6-15-16-10(17)5-14-9-4-7(12)2-3-8(9)11(13)18/h2-4,6,14H,5,12H2,1H3,(H2,13,18). The number of hydrogen-bond acceptors (Lipinski definition) is 5. The van der Waals surface area contributed by atoms with E-state index in [9.17, 15) is 4.79 Å². The van der Waals surface area contributed by atoms with Gasteiger partial charge in [-0.05, 0) is 18.2 Å². The zero-order valence-electron chi connectivity index (χ0n) is 9.92. The number of nitrogen functional groups attached to an aromatic ring is 1. The quantitative estimate of drug-likeness (QED) is 0.663. The van der Waals surface area contributed by atoms with Gasteiger partial charge in [0.2, 0.25) is 0 Å². The lowest BCUT2D eigenvalue weighted by atomic mass is 10.1. The normalized spacial score (nSPS) is 10.3. The van der Waals surface area contributed by atoms with Crippen molar-refractivity contribution in [2.45, 2.75) is 6.54 Å². The third-order valence-corrected chi connectivity index (χ3v) is 2.55. The monoisotopic (exact) mass is 246 g/mol. The number of aryl methyl sites for hydroxylation is 1. The molecule has 2 aromatic rings. The fraction of sp³-hybridized carbons (Fsp3) is 0.182. The lowest BCUT2D eigenvalue weighted by Crippen LogP contribution is -2.15. The van der Waals surface area contributed by atoms with E-state index in [0.717, 1.165) is 5.82 Å². The maximum absolute atomic E-state index is 11.3. The Balaban J connectivity index is 2.20. The summed E-state index contributed by atoms with van der Waals surface area (Å²) in [7, 11) is 1.84. The van der Waals surface area contributed by atoms with Crippen LogP contribution in [0.15, 0.2) is 24.5 Å². The molecule has 0 saturated carbocycles. The van der Waals surface area contributed by atoms with E-state index in [1.54, 1.807) is 29.1 Å². The first kappa shape index (κ1) is 11.9. The van der Waals surface area contributed by atoms with Gasteiger partial charge in [-0.25, -0.2) is 0 Å². The molecule has 0 aliphatic heterocycles. The Hall–Kier alpha value is -2.57. The van der Waals surface area contributed by atoms with Gasteiger partial charge in [-0.2, -0.15) is 0 Å². The highest BCUT2D eigenvalue weighted by Gasteiger charge is 2.09. The number of carbonyl (C=O) groups excluding carboxylic acids is 1. The minimum Gasteiger partial charge on any atom is -0.399 e. The third kappa shape index (κ3) is 2.40. The molecule has 1 heterocycles. The Morgan fingerprint density at radius 3 is 2.89 bits per heavy atom. The predicted molar refractivity (Wildman–Crippen MR) is 67.7 cm³/mol. The average molecular weight is 246 g/mol. The molecule has 1 aromatic carbocycles. The Bertz CT molecular complexity index is 577. The summed E-state index contributed by atoms with van der Waals surface area (Å²) in [6.07, 6.45) is 1.60. The fourth-order valence-electron chi connectivity index (χ4n) is 1.56. The second-order valence-corrected chi connectivity index (χ2v) is 3.88. The molecule has 0 saturated heterocycles. The summed E-state index contributed by atoms with van der Waals surface area (Å²) in [5.41, 5.74) is 12.5. The summed E-state index contributed by atoms with van der Waals surface area (Å²) in [6.45, 7) is 0.431. The Kier molecular flexibility index (Phi) is 3.13. The number of carbonyl (C=O) groups is 1. The van der Waals surface area contributed by atoms with Crippen molar-refractivity contribution in [1.82, 2.24) is 14.8 Å². The molecule has 0 aliphatic carbocycles. The highest BCUT2D eigenvalue weighted by atomic mass is 16.1. The zero-order chi connectivity index (χ0) is 13.1. The van der Waals surface area contributed by atoms with Crippen LogP contribution in [-0.4, -0.2) is 20.7 Å². The van der Waals surface area contributed by atoms with Gasteiger partial charge in [-0.15, -0.1) is 10.2 Å². The van der Waals surface area contributed by atoms with E-state index < -0.39 is 5.91 Å². The molecule has 18 heavy (non-hydrogen) atoms. The van der Waals surface area contributed by atoms with E-state index in [2.05, 4.69) is 15.5 Å². The molecular weight excluding hydrogens is 232 g/mol. The Morgan fingerprint density at radius 2 is 2.28 bits per heavy atom. The Labute approximate surface area is 104 Å². The van der Waals surface area contributed by atoms with Gasteiger partial charge in [0.25, 0.3) is 5.91 Å². The smallest absolute Gasteiger partial charge is 0.250 e. The first-order chi connectivity index (χ1) is 8.58. The number of rotatable bonds is 4. The number of nitrogens with zero attached hydrogens (tertiary/aromatic N) is 3. The second kappa shape index (κ2) is 4.74. The summed E-state index contributed by atoms with van der Waals surface area (Å²) >= 11 is 0. The number of nitrogens with one attached hydrogen (secondary N) is 1. The topological polar surface area (TPSA) is 112 Å². The van der Waals surface area contributed by atoms with Gasteiger partial charge in [0.1, 0.15) is 6.33 Å². The molecule has 2 rings (SSSR count). The van der Waals surface area contributed by atoms with Crippen molar-refractivity contribution in [2.24, 2.45) is 12.8 Å². The second-order valence-electron chi connectivity index (χ2n) is 3.88. The molecule has 0 unspecified atom stereocenters. The number of primary amides is 1. The molecule has 1 amide bonds. The molecule has 5 N–H and O–H groups in total. The van der Waals surface area contributed by atoms with Crippen LogP contribution >= 0.6 is 0 Å². The van der Waals surface area contributed by atoms with E-state index in [1.807, 2.05) is 7.05 Å². The highest BCUT2D eigenvalue weighted by molar-refractivity contribution is 5.99. The van der Waals surface area contributed by atoms with Crippen molar-refractivity contribution in [3.63, 3.8) is 0 Å². The summed E-state index contributed by atoms with van der Waals surface area (Å²) in [5, 5.41) is 10.8. The number of amides is 1.